The number of fused-ring (bicyclic) bond motifs is 1. The first-order chi connectivity index (χ1) is 8.69. The van der Waals surface area contributed by atoms with Crippen molar-refractivity contribution in [3.8, 4) is 11.5 Å². The van der Waals surface area contributed by atoms with E-state index in [-0.39, 0.29) is 0 Å². The summed E-state index contributed by atoms with van der Waals surface area (Å²) in [5.74, 6) is 0.588. The van der Waals surface area contributed by atoms with E-state index in [1.165, 1.54) is 4.88 Å². The maximum Gasteiger partial charge on any atom is 0.230 e. The molecular formula is C13H11BrN2OS. The molecule has 0 saturated carbocycles. The zero-order valence-electron chi connectivity index (χ0n) is 9.74. The first-order valence-corrected chi connectivity index (χ1v) is 7.23. The fraction of sp³-hybridized carbons (Fsp3) is 0.154. The Morgan fingerprint density at radius 3 is 2.94 bits per heavy atom. The normalized spacial score (nSPS) is 11.2. The largest absolute Gasteiger partial charge is 0.435 e. The third kappa shape index (κ3) is 1.83. The summed E-state index contributed by atoms with van der Waals surface area (Å²) in [5.41, 5.74) is 8.50. The second kappa shape index (κ2) is 4.40. The second-order valence-corrected chi connectivity index (χ2v) is 5.97. The Bertz CT molecular complexity index is 717. The molecule has 92 valence electrons. The highest BCUT2D eigenvalue weighted by Crippen LogP contribution is 2.36. The van der Waals surface area contributed by atoms with Gasteiger partial charge in [-0.15, -0.1) is 11.3 Å². The van der Waals surface area contributed by atoms with E-state index < -0.39 is 0 Å². The van der Waals surface area contributed by atoms with Gasteiger partial charge in [0, 0.05) is 4.88 Å². The van der Waals surface area contributed by atoms with Crippen molar-refractivity contribution >= 4 is 43.4 Å². The van der Waals surface area contributed by atoms with Crippen molar-refractivity contribution in [2.24, 2.45) is 0 Å². The van der Waals surface area contributed by atoms with Gasteiger partial charge in [-0.25, -0.2) is 4.98 Å². The van der Waals surface area contributed by atoms with Gasteiger partial charge in [0.05, 0.1) is 15.0 Å². The average Bonchev–Trinajstić information content (AvgIpc) is 2.93. The fourth-order valence-electron chi connectivity index (χ4n) is 1.83. The molecular weight excluding hydrogens is 312 g/mol. The summed E-state index contributed by atoms with van der Waals surface area (Å²) in [5, 5.41) is 0.759. The van der Waals surface area contributed by atoms with Crippen LogP contribution in [0.25, 0.3) is 22.6 Å². The Morgan fingerprint density at radius 2 is 2.28 bits per heavy atom. The van der Waals surface area contributed by atoms with Crippen molar-refractivity contribution in [2.75, 3.05) is 5.73 Å². The van der Waals surface area contributed by atoms with E-state index in [0.29, 0.717) is 5.89 Å². The number of benzene rings is 1. The van der Waals surface area contributed by atoms with Crippen LogP contribution >= 0.6 is 27.3 Å². The first-order valence-electron chi connectivity index (χ1n) is 5.62. The molecule has 2 N–H and O–H groups in total. The molecule has 3 rings (SSSR count). The minimum Gasteiger partial charge on any atom is -0.435 e. The SMILES string of the molecule is CCc1cc(-c2nc3cccc(Br)c3o2)c(N)s1. The number of oxazole rings is 1. The summed E-state index contributed by atoms with van der Waals surface area (Å²) >= 11 is 5.05. The number of anilines is 1. The third-order valence-electron chi connectivity index (χ3n) is 2.76. The van der Waals surface area contributed by atoms with Gasteiger partial charge < -0.3 is 10.2 Å². The summed E-state index contributed by atoms with van der Waals surface area (Å²) < 4.78 is 6.70. The molecule has 0 unspecified atom stereocenters. The Kier molecular flexibility index (Phi) is 2.87. The van der Waals surface area contributed by atoms with Crippen LogP contribution in [-0.4, -0.2) is 4.98 Å². The maximum atomic E-state index is 6.02. The van der Waals surface area contributed by atoms with Gasteiger partial charge >= 0.3 is 0 Å². The van der Waals surface area contributed by atoms with Crippen LogP contribution in [0, 0.1) is 0 Å². The second-order valence-electron chi connectivity index (χ2n) is 3.95. The number of para-hydroxylation sites is 1. The summed E-state index contributed by atoms with van der Waals surface area (Å²) in [4.78, 5) is 5.72. The van der Waals surface area contributed by atoms with E-state index >= 15 is 0 Å². The highest BCUT2D eigenvalue weighted by molar-refractivity contribution is 9.10. The Morgan fingerprint density at radius 1 is 1.44 bits per heavy atom. The van der Waals surface area contributed by atoms with Gasteiger partial charge in [0.15, 0.2) is 5.58 Å². The van der Waals surface area contributed by atoms with Crippen LogP contribution < -0.4 is 5.73 Å². The first kappa shape index (κ1) is 11.7. The molecule has 3 nitrogen and oxygen atoms in total. The quantitative estimate of drug-likeness (QED) is 0.757. The zero-order chi connectivity index (χ0) is 12.7. The number of halogens is 1. The van der Waals surface area contributed by atoms with Crippen molar-refractivity contribution < 1.29 is 4.42 Å². The van der Waals surface area contributed by atoms with Crippen LogP contribution in [0.3, 0.4) is 0 Å². The van der Waals surface area contributed by atoms with E-state index in [2.05, 4.69) is 33.9 Å². The standard InChI is InChI=1S/C13H11BrN2OS/c1-2-7-6-8(12(15)18-7)13-16-10-5-3-4-9(14)11(10)17-13/h3-6H,2,15H2,1H3. The van der Waals surface area contributed by atoms with Gasteiger partial charge in [-0.2, -0.15) is 0 Å². The van der Waals surface area contributed by atoms with Crippen molar-refractivity contribution in [3.05, 3.63) is 33.6 Å². The molecule has 18 heavy (non-hydrogen) atoms. The highest BCUT2D eigenvalue weighted by Gasteiger charge is 2.15. The van der Waals surface area contributed by atoms with Crippen LogP contribution in [-0.2, 0) is 6.42 Å². The Hall–Kier alpha value is -1.33. The topological polar surface area (TPSA) is 52.0 Å². The number of aromatic nitrogens is 1. The molecule has 0 bridgehead atoms. The summed E-state index contributed by atoms with van der Waals surface area (Å²) in [6.07, 6.45) is 0.971. The molecule has 1 aromatic carbocycles. The Labute approximate surface area is 117 Å². The number of hydrogen-bond donors (Lipinski definition) is 1. The van der Waals surface area contributed by atoms with E-state index in [1.807, 2.05) is 18.2 Å². The summed E-state index contributed by atoms with van der Waals surface area (Å²) in [6, 6.07) is 7.86. The van der Waals surface area contributed by atoms with Crippen molar-refractivity contribution in [1.29, 1.82) is 0 Å². The lowest BCUT2D eigenvalue weighted by atomic mass is 10.2. The number of aryl methyl sites for hydroxylation is 1. The number of rotatable bonds is 2. The fourth-order valence-corrected chi connectivity index (χ4v) is 3.13. The van der Waals surface area contributed by atoms with Crippen molar-refractivity contribution in [2.45, 2.75) is 13.3 Å². The maximum absolute atomic E-state index is 6.02. The van der Waals surface area contributed by atoms with Crippen LogP contribution in [0.1, 0.15) is 11.8 Å². The van der Waals surface area contributed by atoms with Gasteiger partial charge in [-0.3, -0.25) is 0 Å². The number of nitrogen functional groups attached to an aromatic ring is 1. The molecule has 0 aliphatic rings. The lowest BCUT2D eigenvalue weighted by Gasteiger charge is -1.91. The molecule has 0 fully saturated rings. The van der Waals surface area contributed by atoms with Crippen LogP contribution in [0.15, 0.2) is 33.2 Å². The molecule has 0 saturated heterocycles. The van der Waals surface area contributed by atoms with E-state index in [9.17, 15) is 0 Å². The molecule has 0 spiro atoms. The van der Waals surface area contributed by atoms with Crippen LogP contribution in [0.2, 0.25) is 0 Å². The van der Waals surface area contributed by atoms with Crippen LogP contribution in [0.5, 0.6) is 0 Å². The van der Waals surface area contributed by atoms with Crippen LogP contribution in [0.4, 0.5) is 5.00 Å². The zero-order valence-corrected chi connectivity index (χ0v) is 12.1. The molecule has 0 aliphatic heterocycles. The molecule has 2 aromatic heterocycles. The predicted octanol–water partition coefficient (Wildman–Crippen LogP) is 4.46. The number of nitrogens with two attached hydrogens (primary N) is 1. The minimum atomic E-state index is 0.588. The average molecular weight is 323 g/mol. The Balaban J connectivity index is 2.19. The summed E-state index contributed by atoms with van der Waals surface area (Å²) in [6.45, 7) is 2.11. The van der Waals surface area contributed by atoms with Gasteiger partial charge in [0.1, 0.15) is 5.52 Å². The monoisotopic (exact) mass is 322 g/mol. The van der Waals surface area contributed by atoms with Crippen molar-refractivity contribution in [1.82, 2.24) is 4.98 Å². The lowest BCUT2D eigenvalue weighted by molar-refractivity contribution is 0.618. The van der Waals surface area contributed by atoms with Gasteiger partial charge in [-0.05, 0) is 40.5 Å². The van der Waals surface area contributed by atoms with E-state index in [4.69, 9.17) is 10.2 Å². The molecule has 5 heteroatoms. The summed E-state index contributed by atoms with van der Waals surface area (Å²) in [7, 11) is 0. The van der Waals surface area contributed by atoms with Crippen molar-refractivity contribution in [3.63, 3.8) is 0 Å². The molecule has 2 heterocycles. The van der Waals surface area contributed by atoms with E-state index in [1.54, 1.807) is 11.3 Å². The van der Waals surface area contributed by atoms with Gasteiger partial charge in [-0.1, -0.05) is 13.0 Å². The molecule has 0 amide bonds. The van der Waals surface area contributed by atoms with Gasteiger partial charge in [0.2, 0.25) is 5.89 Å². The smallest absolute Gasteiger partial charge is 0.230 e. The number of thiophene rings is 1. The molecule has 0 radical (unpaired) electrons. The van der Waals surface area contributed by atoms with E-state index in [0.717, 1.165) is 32.6 Å². The highest BCUT2D eigenvalue weighted by atomic mass is 79.9. The third-order valence-corrected chi connectivity index (χ3v) is 4.49. The van der Waals surface area contributed by atoms with Gasteiger partial charge in [0.25, 0.3) is 0 Å². The predicted molar refractivity (Wildman–Crippen MR) is 78.8 cm³/mol. The molecule has 3 aromatic rings. The molecule has 0 atom stereocenters. The molecule has 0 aliphatic carbocycles. The number of nitrogens with zero attached hydrogens (tertiary/aromatic N) is 1. The number of hydrogen-bond acceptors (Lipinski definition) is 4. The lowest BCUT2D eigenvalue weighted by Crippen LogP contribution is -1.82. The minimum absolute atomic E-state index is 0.588.